The number of hydrogen-bond donors (Lipinski definition) is 0. The summed E-state index contributed by atoms with van der Waals surface area (Å²) in [6.07, 6.45) is 2.11. The second kappa shape index (κ2) is 5.44. The first-order valence-corrected chi connectivity index (χ1v) is 7.81. The molecule has 110 valence electrons. The first-order valence-electron chi connectivity index (χ1n) is 6.93. The van der Waals surface area contributed by atoms with Gasteiger partial charge in [-0.25, -0.2) is 4.98 Å². The molecule has 1 amide bonds. The van der Waals surface area contributed by atoms with Crippen LogP contribution in [0.25, 0.3) is 0 Å². The van der Waals surface area contributed by atoms with Crippen LogP contribution in [0.1, 0.15) is 29.0 Å². The normalized spacial score (nSPS) is 15.6. The zero-order chi connectivity index (χ0) is 15.0. The molecule has 1 atom stereocenters. The Hall–Kier alpha value is -1.95. The summed E-state index contributed by atoms with van der Waals surface area (Å²) in [7, 11) is 1.70. The second-order valence-electron chi connectivity index (χ2n) is 5.33. The molecule has 2 aromatic heterocycles. The summed E-state index contributed by atoms with van der Waals surface area (Å²) >= 11 is 1.60. The van der Waals surface area contributed by atoms with E-state index in [4.69, 9.17) is 0 Å². The van der Waals surface area contributed by atoms with Crippen molar-refractivity contribution in [2.45, 2.75) is 25.8 Å². The third-order valence-corrected chi connectivity index (χ3v) is 4.99. The molecule has 3 heterocycles. The fourth-order valence-electron chi connectivity index (χ4n) is 2.64. The van der Waals surface area contributed by atoms with E-state index in [0.717, 1.165) is 16.1 Å². The maximum absolute atomic E-state index is 12.6. The minimum absolute atomic E-state index is 0.00148. The van der Waals surface area contributed by atoms with Crippen LogP contribution in [0.15, 0.2) is 28.6 Å². The van der Waals surface area contributed by atoms with E-state index in [0.29, 0.717) is 19.5 Å². The molecule has 0 spiro atoms. The molecule has 0 saturated heterocycles. The summed E-state index contributed by atoms with van der Waals surface area (Å²) in [6.45, 7) is 2.95. The zero-order valence-corrected chi connectivity index (χ0v) is 12.9. The van der Waals surface area contributed by atoms with E-state index in [1.165, 1.54) is 10.9 Å². The van der Waals surface area contributed by atoms with Crippen molar-refractivity contribution >= 4 is 17.2 Å². The van der Waals surface area contributed by atoms with Gasteiger partial charge in [-0.05, 0) is 24.8 Å². The fraction of sp³-hybridized carbons (Fsp3) is 0.400. The average Bonchev–Trinajstić information content (AvgIpc) is 3.03. The Kier molecular flexibility index (Phi) is 3.63. The first kappa shape index (κ1) is 14.0. The van der Waals surface area contributed by atoms with Gasteiger partial charge in [-0.1, -0.05) is 6.07 Å². The Morgan fingerprint density at radius 1 is 1.48 bits per heavy atom. The minimum atomic E-state index is -0.141. The molecular formula is C15H17N3O2S. The number of rotatable bonds is 2. The van der Waals surface area contributed by atoms with E-state index in [2.05, 4.69) is 4.98 Å². The van der Waals surface area contributed by atoms with Crippen LogP contribution in [0.4, 0.5) is 0 Å². The third-order valence-electron chi connectivity index (χ3n) is 3.94. The maximum Gasteiger partial charge on any atom is 0.256 e. The minimum Gasteiger partial charge on any atom is -0.336 e. The maximum atomic E-state index is 12.6. The van der Waals surface area contributed by atoms with Gasteiger partial charge in [-0.15, -0.1) is 11.3 Å². The van der Waals surface area contributed by atoms with Gasteiger partial charge in [-0.2, -0.15) is 0 Å². The lowest BCUT2D eigenvalue weighted by Crippen LogP contribution is -2.41. The summed E-state index contributed by atoms with van der Waals surface area (Å²) in [5, 5.41) is 1.98. The van der Waals surface area contributed by atoms with Crippen molar-refractivity contribution < 1.29 is 4.79 Å². The molecule has 0 fully saturated rings. The summed E-state index contributed by atoms with van der Waals surface area (Å²) < 4.78 is 1.49. The largest absolute Gasteiger partial charge is 0.336 e. The number of aromatic nitrogens is 2. The molecule has 0 radical (unpaired) electrons. The number of aryl methyl sites for hydroxylation is 1. The molecule has 3 rings (SSSR count). The van der Waals surface area contributed by atoms with E-state index < -0.39 is 0 Å². The molecular weight excluding hydrogens is 286 g/mol. The van der Waals surface area contributed by atoms with Gasteiger partial charge < -0.3 is 9.47 Å². The number of nitrogens with zero attached hydrogens (tertiary/aromatic N) is 3. The highest BCUT2D eigenvalue weighted by atomic mass is 32.1. The van der Waals surface area contributed by atoms with Gasteiger partial charge in [0, 0.05) is 24.0 Å². The first-order chi connectivity index (χ1) is 10.1. The van der Waals surface area contributed by atoms with Crippen LogP contribution in [-0.2, 0) is 24.8 Å². The molecule has 1 aliphatic heterocycles. The van der Waals surface area contributed by atoms with Gasteiger partial charge in [0.05, 0.1) is 24.5 Å². The summed E-state index contributed by atoms with van der Waals surface area (Å²) in [6, 6.07) is 3.94. The highest BCUT2D eigenvalue weighted by Crippen LogP contribution is 2.25. The van der Waals surface area contributed by atoms with Gasteiger partial charge in [0.2, 0.25) is 5.91 Å². The van der Waals surface area contributed by atoms with Gasteiger partial charge in [0.25, 0.3) is 5.56 Å². The lowest BCUT2D eigenvalue weighted by atomic mass is 10.0. The molecule has 1 aliphatic rings. The standard InChI is InChI=1S/C15H17N3O2S/c1-10(13-4-3-7-21-13)14(19)18-6-5-11-12(8-18)16-9-17(2)15(11)20/h3-4,7,9-10H,5-6,8H2,1-2H3. The Labute approximate surface area is 126 Å². The van der Waals surface area contributed by atoms with Crippen LogP contribution >= 0.6 is 11.3 Å². The van der Waals surface area contributed by atoms with Gasteiger partial charge in [-0.3, -0.25) is 9.59 Å². The lowest BCUT2D eigenvalue weighted by molar-refractivity contribution is -0.133. The predicted molar refractivity (Wildman–Crippen MR) is 81.3 cm³/mol. The molecule has 2 aromatic rings. The van der Waals surface area contributed by atoms with Crippen molar-refractivity contribution in [3.8, 4) is 0 Å². The Balaban J connectivity index is 1.82. The van der Waals surface area contributed by atoms with E-state index >= 15 is 0 Å². The molecule has 6 heteroatoms. The summed E-state index contributed by atoms with van der Waals surface area (Å²) in [4.78, 5) is 31.8. The van der Waals surface area contributed by atoms with Gasteiger partial charge >= 0.3 is 0 Å². The Morgan fingerprint density at radius 3 is 3.00 bits per heavy atom. The van der Waals surface area contributed by atoms with Crippen LogP contribution in [0, 0.1) is 0 Å². The van der Waals surface area contributed by atoms with Crippen LogP contribution in [0.5, 0.6) is 0 Å². The van der Waals surface area contributed by atoms with Crippen molar-refractivity contribution in [3.05, 3.63) is 50.3 Å². The number of fused-ring (bicyclic) bond motifs is 1. The van der Waals surface area contributed by atoms with Crippen molar-refractivity contribution in [1.82, 2.24) is 14.5 Å². The molecule has 1 unspecified atom stereocenters. The molecule has 0 aliphatic carbocycles. The SMILES string of the molecule is CC(C(=O)N1CCc2c(ncn(C)c2=O)C1)c1cccs1. The van der Waals surface area contributed by atoms with Crippen molar-refractivity contribution in [2.75, 3.05) is 6.54 Å². The van der Waals surface area contributed by atoms with E-state index in [-0.39, 0.29) is 17.4 Å². The van der Waals surface area contributed by atoms with Crippen molar-refractivity contribution in [3.63, 3.8) is 0 Å². The van der Waals surface area contributed by atoms with Crippen LogP contribution in [0.2, 0.25) is 0 Å². The predicted octanol–water partition coefficient (Wildman–Crippen LogP) is 1.53. The quantitative estimate of drug-likeness (QED) is 0.845. The average molecular weight is 303 g/mol. The van der Waals surface area contributed by atoms with E-state index in [1.54, 1.807) is 23.3 Å². The fourth-order valence-corrected chi connectivity index (χ4v) is 3.41. The molecule has 0 N–H and O–H groups in total. The molecule has 0 aromatic carbocycles. The van der Waals surface area contributed by atoms with Crippen LogP contribution in [-0.4, -0.2) is 26.9 Å². The van der Waals surface area contributed by atoms with Crippen molar-refractivity contribution in [2.24, 2.45) is 7.05 Å². The van der Waals surface area contributed by atoms with Gasteiger partial charge in [0.1, 0.15) is 0 Å². The smallest absolute Gasteiger partial charge is 0.256 e. The zero-order valence-electron chi connectivity index (χ0n) is 12.1. The monoisotopic (exact) mass is 303 g/mol. The topological polar surface area (TPSA) is 55.2 Å². The summed E-state index contributed by atoms with van der Waals surface area (Å²) in [5.74, 6) is -0.0383. The number of thiophene rings is 1. The van der Waals surface area contributed by atoms with Crippen molar-refractivity contribution in [1.29, 1.82) is 0 Å². The second-order valence-corrected chi connectivity index (χ2v) is 6.31. The molecule has 0 bridgehead atoms. The molecule has 0 saturated carbocycles. The molecule has 5 nitrogen and oxygen atoms in total. The van der Waals surface area contributed by atoms with Gasteiger partial charge in [0.15, 0.2) is 0 Å². The number of carbonyl (C=O) groups is 1. The highest BCUT2D eigenvalue weighted by molar-refractivity contribution is 7.10. The number of amides is 1. The number of hydrogen-bond acceptors (Lipinski definition) is 4. The van der Waals surface area contributed by atoms with E-state index in [9.17, 15) is 9.59 Å². The summed E-state index contributed by atoms with van der Waals surface area (Å²) in [5.41, 5.74) is 1.47. The van der Waals surface area contributed by atoms with E-state index in [1.807, 2.05) is 24.4 Å². The molecule has 21 heavy (non-hydrogen) atoms. The Morgan fingerprint density at radius 2 is 2.29 bits per heavy atom. The highest BCUT2D eigenvalue weighted by Gasteiger charge is 2.28. The third kappa shape index (κ3) is 2.51. The lowest BCUT2D eigenvalue weighted by Gasteiger charge is -2.29. The Bertz CT molecular complexity index is 721. The van der Waals surface area contributed by atoms with Crippen LogP contribution < -0.4 is 5.56 Å². The number of carbonyl (C=O) groups excluding carboxylic acids is 1. The van der Waals surface area contributed by atoms with Crippen LogP contribution in [0.3, 0.4) is 0 Å².